The Labute approximate surface area is 374 Å². The molecule has 296 valence electrons. The fourth-order valence-electron chi connectivity index (χ4n) is 11.9. The smallest absolute Gasteiger partial charge is 0.252 e. The van der Waals surface area contributed by atoms with Gasteiger partial charge in [0.2, 0.25) is 6.71 Å². The van der Waals surface area contributed by atoms with Crippen LogP contribution < -0.4 is 47.5 Å². The van der Waals surface area contributed by atoms with E-state index in [9.17, 15) is 0 Å². The molecule has 5 heteroatoms. The van der Waals surface area contributed by atoms with Crippen molar-refractivity contribution in [3.05, 3.63) is 247 Å². The molecule has 14 rings (SSSR count). The summed E-state index contributed by atoms with van der Waals surface area (Å²) in [5.74, 6) is 0.135. The highest BCUT2D eigenvalue weighted by Crippen LogP contribution is 2.49. The van der Waals surface area contributed by atoms with Crippen molar-refractivity contribution in [3.8, 4) is 0 Å². The zero-order chi connectivity index (χ0) is 41.9. The third kappa shape index (κ3) is 4.89. The lowest BCUT2D eigenvalue weighted by Crippen LogP contribution is -2.62. The van der Waals surface area contributed by atoms with Gasteiger partial charge in [-0.1, -0.05) is 175 Å². The summed E-state index contributed by atoms with van der Waals surface area (Å²) in [4.78, 5) is 7.59. The SMILES string of the molecule is c1ccc(C2c3ccccc3B3c4ccc5c6c(ccc5c4N(c4ccccc4)c4cccc2c43)B2c3ccccc3N(c3ccccc3)c3cccc(c32)N6c2ccccc2)cc1. The first-order valence-electron chi connectivity index (χ1n) is 22.5. The van der Waals surface area contributed by atoms with Crippen molar-refractivity contribution in [2.45, 2.75) is 5.92 Å². The van der Waals surface area contributed by atoms with Crippen LogP contribution in [0.4, 0.5) is 51.2 Å². The van der Waals surface area contributed by atoms with E-state index in [1.807, 2.05) is 0 Å². The second kappa shape index (κ2) is 13.7. The second-order valence-corrected chi connectivity index (χ2v) is 17.5. The van der Waals surface area contributed by atoms with Gasteiger partial charge in [0.05, 0.1) is 0 Å². The van der Waals surface area contributed by atoms with Crippen molar-refractivity contribution < 1.29 is 0 Å². The lowest BCUT2D eigenvalue weighted by Gasteiger charge is -2.45. The van der Waals surface area contributed by atoms with Gasteiger partial charge in [-0.3, -0.25) is 0 Å². The van der Waals surface area contributed by atoms with Gasteiger partial charge in [0.1, 0.15) is 0 Å². The van der Waals surface area contributed by atoms with Crippen LogP contribution in [0.25, 0.3) is 10.8 Å². The minimum atomic E-state index is 0.0337. The van der Waals surface area contributed by atoms with Crippen molar-refractivity contribution in [1.29, 1.82) is 0 Å². The zero-order valence-electron chi connectivity index (χ0n) is 35.0. The van der Waals surface area contributed by atoms with Crippen molar-refractivity contribution in [2.75, 3.05) is 14.7 Å². The van der Waals surface area contributed by atoms with E-state index >= 15 is 0 Å². The van der Waals surface area contributed by atoms with Gasteiger partial charge >= 0.3 is 0 Å². The molecule has 4 aliphatic rings. The molecule has 0 spiro atoms. The summed E-state index contributed by atoms with van der Waals surface area (Å²) in [7, 11) is 0. The van der Waals surface area contributed by atoms with Gasteiger partial charge in [-0.25, -0.2) is 0 Å². The maximum Gasteiger partial charge on any atom is 0.252 e. The molecule has 10 aromatic carbocycles. The Morgan fingerprint density at radius 3 is 1.31 bits per heavy atom. The molecule has 0 N–H and O–H groups in total. The van der Waals surface area contributed by atoms with E-state index < -0.39 is 0 Å². The lowest BCUT2D eigenvalue weighted by molar-refractivity contribution is 0.984. The van der Waals surface area contributed by atoms with Crippen LogP contribution in [0.1, 0.15) is 22.6 Å². The Morgan fingerprint density at radius 1 is 0.281 bits per heavy atom. The summed E-state index contributed by atoms with van der Waals surface area (Å²) in [6.45, 7) is 0.104. The Kier molecular flexibility index (Phi) is 7.64. The highest BCUT2D eigenvalue weighted by atomic mass is 15.2. The van der Waals surface area contributed by atoms with Gasteiger partial charge in [-0.05, 0) is 105 Å². The Hall–Kier alpha value is -8.01. The van der Waals surface area contributed by atoms with E-state index in [0.717, 1.165) is 17.1 Å². The lowest BCUT2D eigenvalue weighted by atomic mass is 9.31. The first-order chi connectivity index (χ1) is 31.8. The molecule has 0 amide bonds. The fourth-order valence-corrected chi connectivity index (χ4v) is 11.9. The molecule has 1 atom stereocenters. The largest absolute Gasteiger partial charge is 0.311 e. The number of fused-ring (bicyclic) bond motifs is 11. The molecule has 10 aromatic rings. The Bertz CT molecular complexity index is 3250. The summed E-state index contributed by atoms with van der Waals surface area (Å²) < 4.78 is 0. The quantitative estimate of drug-likeness (QED) is 0.164. The van der Waals surface area contributed by atoms with Crippen LogP contribution in [-0.2, 0) is 0 Å². The minimum absolute atomic E-state index is 0.0337. The molecule has 4 aliphatic heterocycles. The number of para-hydroxylation sites is 4. The molecular formula is C59H39B2N3. The number of benzene rings is 10. The Morgan fingerprint density at radius 2 is 0.703 bits per heavy atom. The maximum atomic E-state index is 2.57. The van der Waals surface area contributed by atoms with Gasteiger partial charge in [-0.2, -0.15) is 0 Å². The predicted molar refractivity (Wildman–Crippen MR) is 271 cm³/mol. The molecule has 0 saturated carbocycles. The van der Waals surface area contributed by atoms with E-state index in [4.69, 9.17) is 0 Å². The molecule has 1 unspecified atom stereocenters. The summed E-state index contributed by atoms with van der Waals surface area (Å²) in [5, 5.41) is 2.49. The van der Waals surface area contributed by atoms with Gasteiger partial charge < -0.3 is 14.7 Å². The van der Waals surface area contributed by atoms with Gasteiger partial charge in [-0.15, -0.1) is 0 Å². The van der Waals surface area contributed by atoms with E-state index in [1.165, 1.54) is 94.4 Å². The van der Waals surface area contributed by atoms with E-state index in [0.29, 0.717) is 0 Å². The highest BCUT2D eigenvalue weighted by Gasteiger charge is 2.46. The maximum absolute atomic E-state index is 2.57. The molecule has 0 radical (unpaired) electrons. The third-order valence-corrected chi connectivity index (χ3v) is 14.3. The zero-order valence-corrected chi connectivity index (χ0v) is 35.0. The van der Waals surface area contributed by atoms with Crippen LogP contribution >= 0.6 is 0 Å². The van der Waals surface area contributed by atoms with Gasteiger partial charge in [0, 0.05) is 67.9 Å². The minimum Gasteiger partial charge on any atom is -0.311 e. The van der Waals surface area contributed by atoms with Crippen LogP contribution in [-0.4, -0.2) is 13.4 Å². The average molecular weight is 812 g/mol. The van der Waals surface area contributed by atoms with E-state index in [1.54, 1.807) is 0 Å². The van der Waals surface area contributed by atoms with E-state index in [2.05, 4.69) is 245 Å². The molecule has 64 heavy (non-hydrogen) atoms. The van der Waals surface area contributed by atoms with Crippen molar-refractivity contribution in [3.63, 3.8) is 0 Å². The fraction of sp³-hybridized carbons (Fsp3) is 0.0169. The highest BCUT2D eigenvalue weighted by molar-refractivity contribution is 7.01. The standard InChI is InChI=1S/C59H39B2N3/c1-5-19-39(20-6-1)55-45-27-13-14-29-47(45)60-49-37-35-44-43(58(49)63(41-23-9-3-10-24-41)52-32-17-28-46(55)56(52)60)36-38-50-59(44)64(42-25-11-4-12-26-42)54-34-18-33-53-57(54)61(50)48-30-15-16-31-51(48)62(53)40-21-7-2-8-22-40/h1-38,55H. The number of nitrogens with zero attached hydrogens (tertiary/aromatic N) is 3. The first-order valence-corrected chi connectivity index (χ1v) is 22.5. The van der Waals surface area contributed by atoms with E-state index in [-0.39, 0.29) is 19.3 Å². The molecule has 0 bridgehead atoms. The van der Waals surface area contributed by atoms with Crippen molar-refractivity contribution in [1.82, 2.24) is 0 Å². The summed E-state index contributed by atoms with van der Waals surface area (Å²) >= 11 is 0. The van der Waals surface area contributed by atoms with Crippen molar-refractivity contribution in [2.24, 2.45) is 0 Å². The topological polar surface area (TPSA) is 9.72 Å². The number of hydrogen-bond acceptors (Lipinski definition) is 3. The number of hydrogen-bond donors (Lipinski definition) is 0. The summed E-state index contributed by atoms with van der Waals surface area (Å²) in [6.07, 6.45) is 0. The van der Waals surface area contributed by atoms with Crippen LogP contribution in [0.3, 0.4) is 0 Å². The monoisotopic (exact) mass is 811 g/mol. The van der Waals surface area contributed by atoms with Crippen LogP contribution in [0.5, 0.6) is 0 Å². The molecule has 4 heterocycles. The van der Waals surface area contributed by atoms with Crippen LogP contribution in [0.2, 0.25) is 0 Å². The molecule has 0 fully saturated rings. The van der Waals surface area contributed by atoms with Gasteiger partial charge in [0.15, 0.2) is 0 Å². The molecule has 0 saturated heterocycles. The Balaban J connectivity index is 1.07. The molecule has 0 aliphatic carbocycles. The molecular weight excluding hydrogens is 772 g/mol. The van der Waals surface area contributed by atoms with Crippen LogP contribution in [0.15, 0.2) is 231 Å². The second-order valence-electron chi connectivity index (χ2n) is 17.5. The summed E-state index contributed by atoms with van der Waals surface area (Å²) in [6, 6.07) is 86.0. The number of rotatable bonds is 4. The van der Waals surface area contributed by atoms with Crippen LogP contribution in [0, 0.1) is 0 Å². The first kappa shape index (κ1) is 35.6. The van der Waals surface area contributed by atoms with Crippen molar-refractivity contribution >= 4 is 108 Å². The summed E-state index contributed by atoms with van der Waals surface area (Å²) in [5.41, 5.74) is 23.0. The molecule has 3 nitrogen and oxygen atoms in total. The molecule has 0 aromatic heterocycles. The third-order valence-electron chi connectivity index (χ3n) is 14.3. The average Bonchev–Trinajstić information content (AvgIpc) is 3.37. The normalized spacial score (nSPS) is 14.9. The van der Waals surface area contributed by atoms with Gasteiger partial charge in [0.25, 0.3) is 6.71 Å². The predicted octanol–water partition coefficient (Wildman–Crippen LogP) is 10.7. The number of anilines is 9.